The van der Waals surface area contributed by atoms with Crippen molar-refractivity contribution in [1.29, 1.82) is 0 Å². The smallest absolute Gasteiger partial charge is 0.150 e. The summed E-state index contributed by atoms with van der Waals surface area (Å²) < 4.78 is 6.19. The third-order valence-electron chi connectivity index (χ3n) is 4.72. The molecule has 0 amide bonds. The molecule has 3 aliphatic rings. The van der Waals surface area contributed by atoms with Gasteiger partial charge in [-0.05, 0) is 24.6 Å². The first kappa shape index (κ1) is 10.7. The van der Waals surface area contributed by atoms with Crippen molar-refractivity contribution >= 4 is 5.69 Å². The van der Waals surface area contributed by atoms with Gasteiger partial charge in [0.05, 0.1) is 11.7 Å². The molecule has 3 atom stereocenters. The van der Waals surface area contributed by atoms with E-state index in [4.69, 9.17) is 4.74 Å². The van der Waals surface area contributed by atoms with E-state index < -0.39 is 0 Å². The number of nitrogens with zero attached hydrogens (tertiary/aromatic N) is 1. The number of piperidine rings is 1. The van der Waals surface area contributed by atoms with Gasteiger partial charge < -0.3 is 15.0 Å². The van der Waals surface area contributed by atoms with Crippen molar-refractivity contribution in [2.75, 3.05) is 11.4 Å². The van der Waals surface area contributed by atoms with Crippen LogP contribution in [0.15, 0.2) is 48.5 Å². The van der Waals surface area contributed by atoms with E-state index in [0.717, 1.165) is 18.0 Å². The van der Waals surface area contributed by atoms with E-state index in [0.29, 0.717) is 18.1 Å². The van der Waals surface area contributed by atoms with Crippen LogP contribution in [0.5, 0.6) is 11.5 Å². The van der Waals surface area contributed by atoms with Crippen molar-refractivity contribution in [3.05, 3.63) is 54.1 Å². The summed E-state index contributed by atoms with van der Waals surface area (Å²) in [7, 11) is 0. The highest BCUT2D eigenvalue weighted by Crippen LogP contribution is 2.49. The Kier molecular flexibility index (Phi) is 2.02. The summed E-state index contributed by atoms with van der Waals surface area (Å²) in [5.41, 5.74) is 2.53. The molecule has 0 aliphatic carbocycles. The normalized spacial score (nSPS) is 29.2. The molecular formula is C17H16N2O. The predicted molar refractivity (Wildman–Crippen MR) is 78.4 cm³/mol. The van der Waals surface area contributed by atoms with Crippen molar-refractivity contribution in [2.24, 2.45) is 0 Å². The highest BCUT2D eigenvalue weighted by atomic mass is 16.5. The maximum Gasteiger partial charge on any atom is 0.150 e. The first-order valence-corrected chi connectivity index (χ1v) is 7.30. The maximum atomic E-state index is 6.19. The summed E-state index contributed by atoms with van der Waals surface area (Å²) in [6.45, 7) is 1.09. The third-order valence-corrected chi connectivity index (χ3v) is 4.72. The van der Waals surface area contributed by atoms with Crippen LogP contribution in [0.25, 0.3) is 0 Å². The largest absolute Gasteiger partial charge is 0.455 e. The molecule has 2 fully saturated rings. The highest BCUT2D eigenvalue weighted by molar-refractivity contribution is 5.65. The summed E-state index contributed by atoms with van der Waals surface area (Å²) in [6.07, 6.45) is 1.22. The molecule has 2 saturated heterocycles. The number of para-hydroxylation sites is 3. The molecule has 2 aromatic rings. The minimum absolute atomic E-state index is 0.397. The molecule has 1 N–H and O–H groups in total. The summed E-state index contributed by atoms with van der Waals surface area (Å²) >= 11 is 0. The van der Waals surface area contributed by atoms with Gasteiger partial charge in [-0.25, -0.2) is 0 Å². The van der Waals surface area contributed by atoms with E-state index in [1.807, 2.05) is 6.07 Å². The minimum atomic E-state index is 0.397. The Morgan fingerprint density at radius 1 is 1.00 bits per heavy atom. The van der Waals surface area contributed by atoms with Crippen LogP contribution in [0.3, 0.4) is 0 Å². The van der Waals surface area contributed by atoms with Crippen LogP contribution in [-0.2, 0) is 0 Å². The van der Waals surface area contributed by atoms with Gasteiger partial charge in [0.1, 0.15) is 5.75 Å². The standard InChI is InChI=1S/C17H16N2O/c1-3-7-14-11(5-1)17-16-12(18-16)9-10-19(17)13-6-2-4-8-15(13)20-14/h1-8,12,16-18H,9-10H2. The molecule has 0 radical (unpaired) electrons. The average Bonchev–Trinajstić information content (AvgIpc) is 3.28. The van der Waals surface area contributed by atoms with E-state index in [9.17, 15) is 0 Å². The quantitative estimate of drug-likeness (QED) is 0.743. The second kappa shape index (κ2) is 3.76. The van der Waals surface area contributed by atoms with Crippen LogP contribution in [0.1, 0.15) is 18.0 Å². The summed E-state index contributed by atoms with van der Waals surface area (Å²) in [5.74, 6) is 1.98. The summed E-state index contributed by atoms with van der Waals surface area (Å²) in [5, 5.41) is 3.63. The topological polar surface area (TPSA) is 34.4 Å². The molecule has 20 heavy (non-hydrogen) atoms. The van der Waals surface area contributed by atoms with Crippen molar-refractivity contribution in [3.63, 3.8) is 0 Å². The molecule has 100 valence electrons. The number of fused-ring (bicyclic) bond motifs is 7. The number of rotatable bonds is 0. The van der Waals surface area contributed by atoms with Gasteiger partial charge in [-0.15, -0.1) is 0 Å². The van der Waals surface area contributed by atoms with E-state index in [2.05, 4.69) is 52.7 Å². The van der Waals surface area contributed by atoms with E-state index >= 15 is 0 Å². The fourth-order valence-corrected chi connectivity index (χ4v) is 3.73. The fourth-order valence-electron chi connectivity index (χ4n) is 3.73. The first-order valence-electron chi connectivity index (χ1n) is 7.30. The van der Waals surface area contributed by atoms with Gasteiger partial charge in [-0.1, -0.05) is 30.3 Å². The van der Waals surface area contributed by atoms with E-state index in [-0.39, 0.29) is 0 Å². The molecule has 0 bridgehead atoms. The Hall–Kier alpha value is -2.00. The molecule has 3 aliphatic heterocycles. The predicted octanol–water partition coefficient (Wildman–Crippen LogP) is 3.08. The summed E-state index contributed by atoms with van der Waals surface area (Å²) in [4.78, 5) is 2.52. The molecule has 0 spiro atoms. The van der Waals surface area contributed by atoms with Crippen molar-refractivity contribution in [3.8, 4) is 11.5 Å². The molecule has 3 heteroatoms. The van der Waals surface area contributed by atoms with Gasteiger partial charge >= 0.3 is 0 Å². The van der Waals surface area contributed by atoms with Crippen molar-refractivity contribution in [2.45, 2.75) is 24.5 Å². The van der Waals surface area contributed by atoms with Gasteiger partial charge in [-0.3, -0.25) is 0 Å². The fraction of sp³-hybridized carbons (Fsp3) is 0.294. The molecule has 3 heterocycles. The minimum Gasteiger partial charge on any atom is -0.455 e. The van der Waals surface area contributed by atoms with Crippen LogP contribution in [0, 0.1) is 0 Å². The van der Waals surface area contributed by atoms with Crippen LogP contribution in [-0.4, -0.2) is 18.6 Å². The molecule has 3 nitrogen and oxygen atoms in total. The zero-order valence-corrected chi connectivity index (χ0v) is 11.1. The molecule has 3 unspecified atom stereocenters. The molecular weight excluding hydrogens is 248 g/mol. The Labute approximate surface area is 118 Å². The number of hydrogen-bond acceptors (Lipinski definition) is 3. The van der Waals surface area contributed by atoms with E-state index in [1.54, 1.807) is 0 Å². The van der Waals surface area contributed by atoms with Crippen molar-refractivity contribution < 1.29 is 4.74 Å². The van der Waals surface area contributed by atoms with Gasteiger partial charge in [-0.2, -0.15) is 0 Å². The lowest BCUT2D eigenvalue weighted by molar-refractivity contribution is 0.480. The summed E-state index contributed by atoms with van der Waals surface area (Å²) in [6, 6.07) is 18.5. The van der Waals surface area contributed by atoms with Gasteiger partial charge in [0.25, 0.3) is 0 Å². The van der Waals surface area contributed by atoms with Crippen molar-refractivity contribution in [1.82, 2.24) is 5.32 Å². The lowest BCUT2D eigenvalue weighted by atomic mass is 9.94. The van der Waals surface area contributed by atoms with Crippen LogP contribution >= 0.6 is 0 Å². The number of benzene rings is 2. The molecule has 5 rings (SSSR count). The second-order valence-corrected chi connectivity index (χ2v) is 5.83. The van der Waals surface area contributed by atoms with Crippen LogP contribution < -0.4 is 15.0 Å². The van der Waals surface area contributed by atoms with Gasteiger partial charge in [0, 0.05) is 24.2 Å². The Morgan fingerprint density at radius 2 is 1.80 bits per heavy atom. The van der Waals surface area contributed by atoms with E-state index in [1.165, 1.54) is 17.7 Å². The SMILES string of the molecule is c1ccc2c(c1)Oc1ccccc1N1CCC3NC3C21. The molecule has 0 saturated carbocycles. The Bertz CT molecular complexity index is 684. The second-order valence-electron chi connectivity index (χ2n) is 5.83. The first-order chi connectivity index (χ1) is 9.92. The lowest BCUT2D eigenvalue weighted by Crippen LogP contribution is -2.37. The zero-order chi connectivity index (χ0) is 13.1. The molecule has 0 aromatic heterocycles. The highest BCUT2D eigenvalue weighted by Gasteiger charge is 2.50. The monoisotopic (exact) mass is 264 g/mol. The Morgan fingerprint density at radius 3 is 2.75 bits per heavy atom. The number of anilines is 1. The van der Waals surface area contributed by atoms with Crippen LogP contribution in [0.2, 0.25) is 0 Å². The number of nitrogens with one attached hydrogen (secondary N) is 1. The Balaban J connectivity index is 1.75. The average molecular weight is 264 g/mol. The lowest BCUT2D eigenvalue weighted by Gasteiger charge is -2.35. The van der Waals surface area contributed by atoms with Gasteiger partial charge in [0.2, 0.25) is 0 Å². The molecule has 2 aromatic carbocycles. The number of ether oxygens (including phenoxy) is 1. The number of hydrogen-bond donors (Lipinski definition) is 1. The zero-order valence-electron chi connectivity index (χ0n) is 11.1. The third kappa shape index (κ3) is 1.38. The van der Waals surface area contributed by atoms with Gasteiger partial charge in [0.15, 0.2) is 5.75 Å². The maximum absolute atomic E-state index is 6.19. The van der Waals surface area contributed by atoms with Crippen LogP contribution in [0.4, 0.5) is 5.69 Å².